The molecule has 0 radical (unpaired) electrons. The predicted octanol–water partition coefficient (Wildman–Crippen LogP) is 6.39. The molecule has 0 aliphatic heterocycles. The molecule has 0 unspecified atom stereocenters. The van der Waals surface area contributed by atoms with Gasteiger partial charge in [0.15, 0.2) is 0 Å². The molecule has 128 valence electrons. The van der Waals surface area contributed by atoms with Crippen LogP contribution < -0.4 is 0 Å². The summed E-state index contributed by atoms with van der Waals surface area (Å²) in [6.45, 7) is 0. The smallest absolute Gasteiger partial charge is 0.139 e. The molecule has 2 aromatic heterocycles. The quantitative estimate of drug-likeness (QED) is 0.373. The van der Waals surface area contributed by atoms with Crippen LogP contribution in [0.3, 0.4) is 0 Å². The van der Waals surface area contributed by atoms with Gasteiger partial charge in [-0.25, -0.2) is 0 Å². The molecule has 0 fully saturated rings. The summed E-state index contributed by atoms with van der Waals surface area (Å²) in [5.41, 5.74) is 4.98. The molecule has 6 aromatic rings. The van der Waals surface area contributed by atoms with Crippen LogP contribution in [-0.4, -0.2) is 9.67 Å². The lowest BCUT2D eigenvalue weighted by Gasteiger charge is -2.07. The normalized spacial score (nSPS) is 11.9. The van der Waals surface area contributed by atoms with Gasteiger partial charge < -0.3 is 14.1 Å². The Morgan fingerprint density at radius 3 is 2.33 bits per heavy atom. The van der Waals surface area contributed by atoms with E-state index in [2.05, 4.69) is 59.2 Å². The van der Waals surface area contributed by atoms with Crippen molar-refractivity contribution in [2.75, 3.05) is 0 Å². The number of benzene rings is 4. The standard InChI is InChI=1S/C24H15NO2/c26-16-10-11-18-22(14-16)27-21-13-12-20-23(24(18)21)17-8-4-5-9-19(17)25(20)15-6-2-1-3-7-15/h1-14,26H. The Bertz CT molecular complexity index is 1470. The molecule has 0 spiro atoms. The summed E-state index contributed by atoms with van der Waals surface area (Å²) in [5.74, 6) is 0.213. The molecule has 6 rings (SSSR count). The van der Waals surface area contributed by atoms with E-state index in [-0.39, 0.29) is 5.75 Å². The van der Waals surface area contributed by atoms with Crippen molar-refractivity contribution >= 4 is 43.7 Å². The Balaban J connectivity index is 1.90. The monoisotopic (exact) mass is 349 g/mol. The summed E-state index contributed by atoms with van der Waals surface area (Å²) < 4.78 is 8.33. The first-order valence-electron chi connectivity index (χ1n) is 8.94. The molecular formula is C24H15NO2. The minimum absolute atomic E-state index is 0.213. The van der Waals surface area contributed by atoms with Crippen LogP contribution in [-0.2, 0) is 0 Å². The highest BCUT2D eigenvalue weighted by molar-refractivity contribution is 6.27. The van der Waals surface area contributed by atoms with Crippen LogP contribution in [0.4, 0.5) is 0 Å². The van der Waals surface area contributed by atoms with Crippen LogP contribution in [0.25, 0.3) is 49.4 Å². The van der Waals surface area contributed by atoms with Crippen molar-refractivity contribution in [1.82, 2.24) is 4.57 Å². The summed E-state index contributed by atoms with van der Waals surface area (Å²) >= 11 is 0. The van der Waals surface area contributed by atoms with E-state index >= 15 is 0 Å². The maximum Gasteiger partial charge on any atom is 0.139 e. The average molecular weight is 349 g/mol. The minimum atomic E-state index is 0.213. The first-order chi connectivity index (χ1) is 13.3. The van der Waals surface area contributed by atoms with E-state index in [1.807, 2.05) is 18.2 Å². The third-order valence-corrected chi connectivity index (χ3v) is 5.27. The molecule has 4 aromatic carbocycles. The lowest BCUT2D eigenvalue weighted by atomic mass is 10.1. The molecule has 0 saturated heterocycles. The summed E-state index contributed by atoms with van der Waals surface area (Å²) in [4.78, 5) is 0. The van der Waals surface area contributed by atoms with E-state index in [9.17, 15) is 5.11 Å². The number of phenols is 1. The number of aromatic nitrogens is 1. The Morgan fingerprint density at radius 2 is 1.44 bits per heavy atom. The lowest BCUT2D eigenvalue weighted by Crippen LogP contribution is -1.92. The number of rotatable bonds is 1. The molecule has 0 aliphatic carbocycles. The topological polar surface area (TPSA) is 38.3 Å². The van der Waals surface area contributed by atoms with E-state index in [4.69, 9.17) is 4.42 Å². The molecule has 0 bridgehead atoms. The number of hydrogen-bond donors (Lipinski definition) is 1. The van der Waals surface area contributed by atoms with Gasteiger partial charge in [-0.05, 0) is 42.5 Å². The van der Waals surface area contributed by atoms with Crippen molar-refractivity contribution in [2.45, 2.75) is 0 Å². The van der Waals surface area contributed by atoms with Gasteiger partial charge >= 0.3 is 0 Å². The molecule has 0 atom stereocenters. The number of hydrogen-bond acceptors (Lipinski definition) is 2. The van der Waals surface area contributed by atoms with Gasteiger partial charge in [0, 0.05) is 33.3 Å². The van der Waals surface area contributed by atoms with Crippen LogP contribution in [0, 0.1) is 0 Å². The predicted molar refractivity (Wildman–Crippen MR) is 110 cm³/mol. The van der Waals surface area contributed by atoms with E-state index in [0.717, 1.165) is 27.6 Å². The second-order valence-corrected chi connectivity index (χ2v) is 6.80. The lowest BCUT2D eigenvalue weighted by molar-refractivity contribution is 0.475. The maximum absolute atomic E-state index is 9.83. The first-order valence-corrected chi connectivity index (χ1v) is 8.94. The maximum atomic E-state index is 9.83. The summed E-state index contributed by atoms with van der Waals surface area (Å²) in [7, 11) is 0. The number of para-hydroxylation sites is 2. The van der Waals surface area contributed by atoms with Gasteiger partial charge in [0.25, 0.3) is 0 Å². The summed E-state index contributed by atoms with van der Waals surface area (Å²) in [6.07, 6.45) is 0. The zero-order valence-corrected chi connectivity index (χ0v) is 14.4. The van der Waals surface area contributed by atoms with Gasteiger partial charge in [-0.15, -0.1) is 0 Å². The van der Waals surface area contributed by atoms with Crippen molar-refractivity contribution in [1.29, 1.82) is 0 Å². The Morgan fingerprint density at radius 1 is 0.630 bits per heavy atom. The first kappa shape index (κ1) is 14.4. The molecule has 0 aliphatic rings. The third kappa shape index (κ3) is 1.91. The van der Waals surface area contributed by atoms with Crippen LogP contribution in [0.15, 0.2) is 89.3 Å². The van der Waals surface area contributed by atoms with E-state index in [1.165, 1.54) is 16.3 Å². The fraction of sp³-hybridized carbons (Fsp3) is 0. The zero-order chi connectivity index (χ0) is 18.0. The van der Waals surface area contributed by atoms with E-state index in [0.29, 0.717) is 5.58 Å². The number of furan rings is 1. The highest BCUT2D eigenvalue weighted by atomic mass is 16.3. The van der Waals surface area contributed by atoms with E-state index in [1.54, 1.807) is 12.1 Å². The van der Waals surface area contributed by atoms with Crippen LogP contribution in [0.1, 0.15) is 0 Å². The van der Waals surface area contributed by atoms with Crippen molar-refractivity contribution in [3.63, 3.8) is 0 Å². The van der Waals surface area contributed by atoms with Gasteiger partial charge in [0.05, 0.1) is 11.0 Å². The molecular weight excluding hydrogens is 334 g/mol. The molecule has 3 nitrogen and oxygen atoms in total. The van der Waals surface area contributed by atoms with Crippen LogP contribution >= 0.6 is 0 Å². The highest BCUT2D eigenvalue weighted by Crippen LogP contribution is 2.41. The highest BCUT2D eigenvalue weighted by Gasteiger charge is 2.18. The Labute approximate surface area is 154 Å². The van der Waals surface area contributed by atoms with E-state index < -0.39 is 0 Å². The number of aromatic hydroxyl groups is 1. The Hall–Kier alpha value is -3.72. The molecule has 2 heterocycles. The molecule has 0 amide bonds. The molecule has 0 saturated carbocycles. The number of fused-ring (bicyclic) bond motifs is 7. The number of phenolic OH excluding ortho intramolecular Hbond substituents is 1. The molecule has 27 heavy (non-hydrogen) atoms. The second kappa shape index (κ2) is 5.15. The van der Waals surface area contributed by atoms with Crippen molar-refractivity contribution in [3.05, 3.63) is 84.9 Å². The van der Waals surface area contributed by atoms with Gasteiger partial charge in [0.1, 0.15) is 16.9 Å². The van der Waals surface area contributed by atoms with Crippen molar-refractivity contribution in [3.8, 4) is 11.4 Å². The Kier molecular flexibility index (Phi) is 2.75. The van der Waals surface area contributed by atoms with Gasteiger partial charge in [0.2, 0.25) is 0 Å². The third-order valence-electron chi connectivity index (χ3n) is 5.27. The van der Waals surface area contributed by atoms with Gasteiger partial charge in [-0.2, -0.15) is 0 Å². The zero-order valence-electron chi connectivity index (χ0n) is 14.4. The summed E-state index contributed by atoms with van der Waals surface area (Å²) in [6, 6.07) is 28.3. The fourth-order valence-electron chi connectivity index (χ4n) is 4.17. The number of nitrogens with zero attached hydrogens (tertiary/aromatic N) is 1. The van der Waals surface area contributed by atoms with Crippen LogP contribution in [0.5, 0.6) is 5.75 Å². The average Bonchev–Trinajstić information content (AvgIpc) is 3.23. The summed E-state index contributed by atoms with van der Waals surface area (Å²) in [5, 5.41) is 14.3. The van der Waals surface area contributed by atoms with Crippen molar-refractivity contribution in [2.24, 2.45) is 0 Å². The van der Waals surface area contributed by atoms with Gasteiger partial charge in [-0.1, -0.05) is 36.4 Å². The fourth-order valence-corrected chi connectivity index (χ4v) is 4.17. The SMILES string of the molecule is Oc1ccc2c(c1)oc1ccc3c(c4ccccc4n3-c3ccccc3)c12. The molecule has 1 N–H and O–H groups in total. The minimum Gasteiger partial charge on any atom is -0.508 e. The molecule has 3 heteroatoms. The van der Waals surface area contributed by atoms with Gasteiger partial charge in [-0.3, -0.25) is 0 Å². The van der Waals surface area contributed by atoms with Crippen molar-refractivity contribution < 1.29 is 9.52 Å². The van der Waals surface area contributed by atoms with Crippen LogP contribution in [0.2, 0.25) is 0 Å². The second-order valence-electron chi connectivity index (χ2n) is 6.80. The largest absolute Gasteiger partial charge is 0.508 e.